The molecular weight excluding hydrogens is 210 g/mol. The van der Waals surface area contributed by atoms with Crippen molar-refractivity contribution in [2.75, 3.05) is 20.8 Å². The van der Waals surface area contributed by atoms with E-state index in [2.05, 4.69) is 4.74 Å². The Morgan fingerprint density at radius 2 is 2.06 bits per heavy atom. The molecule has 0 bridgehead atoms. The Hall–Kier alpha value is -1.75. The Bertz CT molecular complexity index is 365. The van der Waals surface area contributed by atoms with Crippen molar-refractivity contribution in [3.8, 4) is 11.5 Å². The maximum absolute atomic E-state index is 10.9. The molecule has 0 spiro atoms. The lowest BCUT2D eigenvalue weighted by molar-refractivity contribution is -0.142. The summed E-state index contributed by atoms with van der Waals surface area (Å²) >= 11 is 0. The largest absolute Gasteiger partial charge is 0.493 e. The van der Waals surface area contributed by atoms with Gasteiger partial charge in [-0.05, 0) is 17.7 Å². The minimum Gasteiger partial charge on any atom is -0.493 e. The summed E-state index contributed by atoms with van der Waals surface area (Å²) < 4.78 is 14.8. The van der Waals surface area contributed by atoms with Crippen LogP contribution in [0.15, 0.2) is 18.2 Å². The van der Waals surface area contributed by atoms with Crippen molar-refractivity contribution in [1.29, 1.82) is 0 Å². The van der Waals surface area contributed by atoms with Gasteiger partial charge in [-0.2, -0.15) is 0 Å². The summed E-state index contributed by atoms with van der Waals surface area (Å²) in [4.78, 5) is 10.9. The van der Waals surface area contributed by atoms with Crippen molar-refractivity contribution in [2.24, 2.45) is 5.73 Å². The zero-order chi connectivity index (χ0) is 12.0. The van der Waals surface area contributed by atoms with Crippen LogP contribution in [0.1, 0.15) is 5.56 Å². The van der Waals surface area contributed by atoms with Crippen LogP contribution in [-0.4, -0.2) is 26.8 Å². The Morgan fingerprint density at radius 1 is 1.31 bits per heavy atom. The number of methoxy groups -OCH3 is 2. The van der Waals surface area contributed by atoms with Gasteiger partial charge in [-0.3, -0.25) is 0 Å². The van der Waals surface area contributed by atoms with Gasteiger partial charge in [0.15, 0.2) is 18.1 Å². The summed E-state index contributed by atoms with van der Waals surface area (Å²) in [5.41, 5.74) is 6.43. The third-order valence-electron chi connectivity index (χ3n) is 2.04. The third-order valence-corrected chi connectivity index (χ3v) is 2.04. The molecule has 16 heavy (non-hydrogen) atoms. The van der Waals surface area contributed by atoms with Crippen LogP contribution in [0.5, 0.6) is 11.5 Å². The molecule has 0 amide bonds. The quantitative estimate of drug-likeness (QED) is 0.747. The molecule has 0 aliphatic heterocycles. The average Bonchev–Trinajstić information content (AvgIpc) is 2.35. The fraction of sp³-hybridized carbons (Fsp3) is 0.364. The first-order chi connectivity index (χ1) is 7.71. The Labute approximate surface area is 94.1 Å². The lowest BCUT2D eigenvalue weighted by Gasteiger charge is -2.10. The summed E-state index contributed by atoms with van der Waals surface area (Å²) in [5, 5.41) is 0. The van der Waals surface area contributed by atoms with Gasteiger partial charge in [-0.1, -0.05) is 6.07 Å². The monoisotopic (exact) mass is 225 g/mol. The van der Waals surface area contributed by atoms with Crippen molar-refractivity contribution < 1.29 is 19.0 Å². The minimum absolute atomic E-state index is 0.144. The smallest absolute Gasteiger partial charge is 0.343 e. The number of nitrogens with two attached hydrogens (primary N) is 1. The molecule has 0 radical (unpaired) electrons. The van der Waals surface area contributed by atoms with Gasteiger partial charge in [-0.25, -0.2) is 4.79 Å². The van der Waals surface area contributed by atoms with Gasteiger partial charge >= 0.3 is 5.97 Å². The van der Waals surface area contributed by atoms with Crippen molar-refractivity contribution in [2.45, 2.75) is 6.54 Å². The van der Waals surface area contributed by atoms with E-state index in [9.17, 15) is 4.79 Å². The second kappa shape index (κ2) is 5.97. The first-order valence-corrected chi connectivity index (χ1v) is 4.78. The molecule has 1 aromatic rings. The van der Waals surface area contributed by atoms with Gasteiger partial charge in [0, 0.05) is 6.54 Å². The fourth-order valence-electron chi connectivity index (χ4n) is 1.15. The van der Waals surface area contributed by atoms with Gasteiger partial charge in [0.05, 0.1) is 14.2 Å². The molecule has 5 nitrogen and oxygen atoms in total. The van der Waals surface area contributed by atoms with Gasteiger partial charge in [-0.15, -0.1) is 0 Å². The first kappa shape index (κ1) is 12.3. The predicted molar refractivity (Wildman–Crippen MR) is 58.4 cm³/mol. The summed E-state index contributed by atoms with van der Waals surface area (Å²) in [5.74, 6) is 0.599. The Balaban J connectivity index is 2.75. The normalized spacial score (nSPS) is 9.69. The van der Waals surface area contributed by atoms with Crippen molar-refractivity contribution >= 4 is 5.97 Å². The second-order valence-corrected chi connectivity index (χ2v) is 3.05. The van der Waals surface area contributed by atoms with Crippen LogP contribution in [0, 0.1) is 0 Å². The van der Waals surface area contributed by atoms with Crippen LogP contribution in [0.4, 0.5) is 0 Å². The molecule has 0 saturated heterocycles. The van der Waals surface area contributed by atoms with Crippen LogP contribution in [0.3, 0.4) is 0 Å². The summed E-state index contributed by atoms with van der Waals surface area (Å²) in [6.45, 7) is 0.280. The third kappa shape index (κ3) is 3.13. The lowest BCUT2D eigenvalue weighted by Crippen LogP contribution is -2.13. The summed E-state index contributed by atoms with van der Waals surface area (Å²) in [7, 11) is 2.83. The molecule has 0 aliphatic rings. The minimum atomic E-state index is -0.440. The molecule has 1 aromatic carbocycles. The highest BCUT2D eigenvalue weighted by molar-refractivity contribution is 5.71. The van der Waals surface area contributed by atoms with Crippen molar-refractivity contribution in [1.82, 2.24) is 0 Å². The highest BCUT2D eigenvalue weighted by Gasteiger charge is 2.07. The van der Waals surface area contributed by atoms with Gasteiger partial charge < -0.3 is 19.9 Å². The van der Waals surface area contributed by atoms with Crippen LogP contribution in [-0.2, 0) is 16.1 Å². The fourth-order valence-corrected chi connectivity index (χ4v) is 1.15. The molecule has 5 heteroatoms. The van der Waals surface area contributed by atoms with E-state index in [0.717, 1.165) is 5.56 Å². The van der Waals surface area contributed by atoms with Crippen LogP contribution < -0.4 is 15.2 Å². The Kier molecular flexibility index (Phi) is 4.60. The van der Waals surface area contributed by atoms with Gasteiger partial charge in [0.1, 0.15) is 0 Å². The molecule has 0 fully saturated rings. The van der Waals surface area contributed by atoms with Crippen molar-refractivity contribution in [3.05, 3.63) is 23.8 Å². The number of benzene rings is 1. The van der Waals surface area contributed by atoms with E-state index in [1.165, 1.54) is 14.2 Å². The van der Waals surface area contributed by atoms with E-state index in [0.29, 0.717) is 18.0 Å². The Morgan fingerprint density at radius 3 is 2.62 bits per heavy atom. The van der Waals surface area contributed by atoms with Crippen LogP contribution >= 0.6 is 0 Å². The molecule has 0 aromatic heterocycles. The summed E-state index contributed by atoms with van der Waals surface area (Å²) in [6.07, 6.45) is 0. The number of carbonyl (C=O) groups excluding carboxylic acids is 1. The highest BCUT2D eigenvalue weighted by Crippen LogP contribution is 2.27. The molecule has 2 N–H and O–H groups in total. The van der Waals surface area contributed by atoms with Gasteiger partial charge in [0.25, 0.3) is 0 Å². The molecule has 0 atom stereocenters. The SMILES string of the molecule is COC(=O)COc1ccc(CN)cc1OC. The number of hydrogen-bond acceptors (Lipinski definition) is 5. The number of rotatable bonds is 5. The van der Waals surface area contributed by atoms with E-state index in [4.69, 9.17) is 15.2 Å². The van der Waals surface area contributed by atoms with Crippen LogP contribution in [0.2, 0.25) is 0 Å². The highest BCUT2D eigenvalue weighted by atomic mass is 16.6. The molecule has 0 saturated carbocycles. The summed E-state index contributed by atoms with van der Waals surface area (Å²) in [6, 6.07) is 5.30. The van der Waals surface area contributed by atoms with E-state index in [1.54, 1.807) is 12.1 Å². The molecule has 0 heterocycles. The maximum atomic E-state index is 10.9. The predicted octanol–water partition coefficient (Wildman–Crippen LogP) is 0.706. The van der Waals surface area contributed by atoms with E-state index >= 15 is 0 Å². The van der Waals surface area contributed by atoms with E-state index < -0.39 is 5.97 Å². The molecule has 88 valence electrons. The number of esters is 1. The van der Waals surface area contributed by atoms with Gasteiger partial charge in [0.2, 0.25) is 0 Å². The molecule has 0 unspecified atom stereocenters. The zero-order valence-corrected chi connectivity index (χ0v) is 9.36. The average molecular weight is 225 g/mol. The second-order valence-electron chi connectivity index (χ2n) is 3.05. The van der Waals surface area contributed by atoms with E-state index in [1.807, 2.05) is 6.07 Å². The number of carbonyl (C=O) groups is 1. The number of hydrogen-bond donors (Lipinski definition) is 1. The maximum Gasteiger partial charge on any atom is 0.343 e. The zero-order valence-electron chi connectivity index (χ0n) is 9.36. The molecular formula is C11H15NO4. The molecule has 0 aliphatic carbocycles. The van der Waals surface area contributed by atoms with Crippen LogP contribution in [0.25, 0.3) is 0 Å². The number of ether oxygens (including phenoxy) is 3. The first-order valence-electron chi connectivity index (χ1n) is 4.78. The van der Waals surface area contributed by atoms with Crippen molar-refractivity contribution in [3.63, 3.8) is 0 Å². The van der Waals surface area contributed by atoms with E-state index in [-0.39, 0.29) is 6.61 Å². The topological polar surface area (TPSA) is 70.8 Å². The molecule has 1 rings (SSSR count). The standard InChI is InChI=1S/C11H15NO4/c1-14-10-5-8(6-12)3-4-9(10)16-7-11(13)15-2/h3-5H,6-7,12H2,1-2H3. The lowest BCUT2D eigenvalue weighted by atomic mass is 10.2.